The first-order chi connectivity index (χ1) is 7.17. The standard InChI is InChI=1S/C11H20N2S2/c1-5-10(6-14-4)12-8(2)11-7-15-9(3)13-11/h7-8,10,12H,5-6H2,1-4H3. The molecule has 0 aliphatic carbocycles. The van der Waals surface area contributed by atoms with Gasteiger partial charge in [-0.3, -0.25) is 0 Å². The highest BCUT2D eigenvalue weighted by Crippen LogP contribution is 2.17. The van der Waals surface area contributed by atoms with Crippen molar-refractivity contribution in [2.24, 2.45) is 0 Å². The topological polar surface area (TPSA) is 24.9 Å². The van der Waals surface area contributed by atoms with Gasteiger partial charge in [-0.05, 0) is 26.5 Å². The normalized spacial score (nSPS) is 15.2. The number of nitrogens with zero attached hydrogens (tertiary/aromatic N) is 1. The molecule has 2 atom stereocenters. The zero-order valence-corrected chi connectivity index (χ0v) is 11.5. The molecule has 0 spiro atoms. The Bertz CT molecular complexity index is 286. The third-order valence-electron chi connectivity index (χ3n) is 2.43. The highest BCUT2D eigenvalue weighted by atomic mass is 32.2. The number of hydrogen-bond donors (Lipinski definition) is 1. The van der Waals surface area contributed by atoms with Crippen molar-refractivity contribution in [1.29, 1.82) is 0 Å². The maximum absolute atomic E-state index is 4.51. The smallest absolute Gasteiger partial charge is 0.0898 e. The second kappa shape index (κ2) is 6.51. The lowest BCUT2D eigenvalue weighted by atomic mass is 10.2. The third-order valence-corrected chi connectivity index (χ3v) is 3.95. The average Bonchev–Trinajstić information content (AvgIpc) is 2.64. The van der Waals surface area contributed by atoms with Crippen molar-refractivity contribution in [3.63, 3.8) is 0 Å². The summed E-state index contributed by atoms with van der Waals surface area (Å²) >= 11 is 3.62. The second-order valence-electron chi connectivity index (χ2n) is 3.74. The minimum absolute atomic E-state index is 0.368. The summed E-state index contributed by atoms with van der Waals surface area (Å²) in [6.07, 6.45) is 3.33. The summed E-state index contributed by atoms with van der Waals surface area (Å²) in [6, 6.07) is 0.962. The van der Waals surface area contributed by atoms with E-state index >= 15 is 0 Å². The number of aromatic nitrogens is 1. The van der Waals surface area contributed by atoms with Crippen LogP contribution in [0.2, 0.25) is 0 Å². The number of hydrogen-bond acceptors (Lipinski definition) is 4. The fourth-order valence-corrected chi connectivity index (χ4v) is 2.94. The molecule has 1 N–H and O–H groups in total. The molecule has 0 aliphatic rings. The molecule has 15 heavy (non-hydrogen) atoms. The molecular formula is C11H20N2S2. The molecule has 0 radical (unpaired) electrons. The first-order valence-electron chi connectivity index (χ1n) is 5.34. The van der Waals surface area contributed by atoms with E-state index in [0.29, 0.717) is 12.1 Å². The monoisotopic (exact) mass is 244 g/mol. The summed E-state index contributed by atoms with van der Waals surface area (Å²) in [5, 5.41) is 6.92. The van der Waals surface area contributed by atoms with Gasteiger partial charge < -0.3 is 5.32 Å². The molecule has 4 heteroatoms. The van der Waals surface area contributed by atoms with Crippen molar-refractivity contribution in [3.8, 4) is 0 Å². The molecule has 0 aromatic carbocycles. The maximum Gasteiger partial charge on any atom is 0.0898 e. The molecule has 0 bridgehead atoms. The Morgan fingerprint density at radius 2 is 2.33 bits per heavy atom. The molecule has 1 aromatic heterocycles. The third kappa shape index (κ3) is 4.13. The average molecular weight is 244 g/mol. The van der Waals surface area contributed by atoms with Gasteiger partial charge in [-0.2, -0.15) is 11.8 Å². The minimum Gasteiger partial charge on any atom is -0.305 e. The van der Waals surface area contributed by atoms with Gasteiger partial charge in [0.1, 0.15) is 0 Å². The van der Waals surface area contributed by atoms with Gasteiger partial charge >= 0.3 is 0 Å². The number of thioether (sulfide) groups is 1. The quantitative estimate of drug-likeness (QED) is 0.831. The summed E-state index contributed by atoms with van der Waals surface area (Å²) in [6.45, 7) is 6.48. The molecule has 0 saturated carbocycles. The van der Waals surface area contributed by atoms with Crippen LogP contribution in [0.5, 0.6) is 0 Å². The molecule has 1 aromatic rings. The molecule has 0 saturated heterocycles. The van der Waals surface area contributed by atoms with Crippen molar-refractivity contribution in [2.45, 2.75) is 39.3 Å². The molecular weight excluding hydrogens is 224 g/mol. The van der Waals surface area contributed by atoms with Gasteiger partial charge in [0, 0.05) is 23.2 Å². The van der Waals surface area contributed by atoms with Crippen LogP contribution in [-0.4, -0.2) is 23.0 Å². The predicted octanol–water partition coefficient (Wildman–Crippen LogP) is 3.24. The van der Waals surface area contributed by atoms with Crippen molar-refractivity contribution in [1.82, 2.24) is 10.3 Å². The van der Waals surface area contributed by atoms with E-state index in [0.717, 1.165) is 5.01 Å². The highest BCUT2D eigenvalue weighted by Gasteiger charge is 2.13. The van der Waals surface area contributed by atoms with Crippen molar-refractivity contribution in [3.05, 3.63) is 16.1 Å². The first-order valence-corrected chi connectivity index (χ1v) is 7.61. The Morgan fingerprint density at radius 1 is 1.60 bits per heavy atom. The molecule has 0 amide bonds. The van der Waals surface area contributed by atoms with Gasteiger partial charge in [-0.25, -0.2) is 4.98 Å². The van der Waals surface area contributed by atoms with E-state index in [9.17, 15) is 0 Å². The van der Waals surface area contributed by atoms with Crippen LogP contribution in [-0.2, 0) is 0 Å². The molecule has 2 nitrogen and oxygen atoms in total. The van der Waals surface area contributed by atoms with E-state index in [-0.39, 0.29) is 0 Å². The van der Waals surface area contributed by atoms with Crippen LogP contribution in [0.4, 0.5) is 0 Å². The van der Waals surface area contributed by atoms with Gasteiger partial charge in [-0.1, -0.05) is 6.92 Å². The Balaban J connectivity index is 2.50. The Hall–Kier alpha value is -0.0600. The number of aryl methyl sites for hydroxylation is 1. The van der Waals surface area contributed by atoms with Crippen molar-refractivity contribution in [2.75, 3.05) is 12.0 Å². The SMILES string of the molecule is CCC(CSC)NC(C)c1csc(C)n1. The molecule has 86 valence electrons. The second-order valence-corrected chi connectivity index (χ2v) is 5.71. The van der Waals surface area contributed by atoms with E-state index in [1.165, 1.54) is 17.9 Å². The highest BCUT2D eigenvalue weighted by molar-refractivity contribution is 7.98. The molecule has 1 heterocycles. The molecule has 0 aliphatic heterocycles. The van der Waals surface area contributed by atoms with E-state index in [2.05, 4.69) is 42.7 Å². The van der Waals surface area contributed by atoms with Gasteiger partial charge in [0.2, 0.25) is 0 Å². The summed E-state index contributed by atoms with van der Waals surface area (Å²) < 4.78 is 0. The summed E-state index contributed by atoms with van der Waals surface area (Å²) in [5.74, 6) is 1.17. The van der Waals surface area contributed by atoms with Crippen LogP contribution in [0, 0.1) is 6.92 Å². The lowest BCUT2D eigenvalue weighted by molar-refractivity contribution is 0.469. The lowest BCUT2D eigenvalue weighted by Gasteiger charge is -2.20. The maximum atomic E-state index is 4.51. The Labute approximate surface area is 101 Å². The Kier molecular flexibility index (Phi) is 5.64. The van der Waals surface area contributed by atoms with Crippen LogP contribution in [0.15, 0.2) is 5.38 Å². The van der Waals surface area contributed by atoms with Crippen LogP contribution < -0.4 is 5.32 Å². The van der Waals surface area contributed by atoms with Crippen LogP contribution in [0.25, 0.3) is 0 Å². The van der Waals surface area contributed by atoms with Gasteiger partial charge in [0.15, 0.2) is 0 Å². The fraction of sp³-hybridized carbons (Fsp3) is 0.727. The predicted molar refractivity (Wildman–Crippen MR) is 70.9 cm³/mol. The molecule has 1 rings (SSSR count). The first kappa shape index (κ1) is 13.0. The lowest BCUT2D eigenvalue weighted by Crippen LogP contribution is -2.33. The number of thiazole rings is 1. The largest absolute Gasteiger partial charge is 0.305 e. The van der Waals surface area contributed by atoms with Crippen molar-refractivity contribution < 1.29 is 0 Å². The fourth-order valence-electron chi connectivity index (χ4n) is 1.50. The van der Waals surface area contributed by atoms with Gasteiger partial charge in [0.25, 0.3) is 0 Å². The van der Waals surface area contributed by atoms with E-state index in [4.69, 9.17) is 0 Å². The number of rotatable bonds is 6. The van der Waals surface area contributed by atoms with Crippen LogP contribution in [0.1, 0.15) is 37.0 Å². The van der Waals surface area contributed by atoms with E-state index < -0.39 is 0 Å². The van der Waals surface area contributed by atoms with Gasteiger partial charge in [-0.15, -0.1) is 11.3 Å². The molecule has 2 unspecified atom stereocenters. The summed E-state index contributed by atoms with van der Waals surface area (Å²) in [7, 11) is 0. The minimum atomic E-state index is 0.368. The van der Waals surface area contributed by atoms with Crippen molar-refractivity contribution >= 4 is 23.1 Å². The Morgan fingerprint density at radius 3 is 2.80 bits per heavy atom. The summed E-state index contributed by atoms with van der Waals surface area (Å²) in [4.78, 5) is 4.51. The van der Waals surface area contributed by atoms with Crippen LogP contribution in [0.3, 0.4) is 0 Å². The zero-order valence-electron chi connectivity index (χ0n) is 9.91. The van der Waals surface area contributed by atoms with E-state index in [1.807, 2.05) is 11.8 Å². The van der Waals surface area contributed by atoms with Gasteiger partial charge in [0.05, 0.1) is 10.7 Å². The number of nitrogens with one attached hydrogen (secondary N) is 1. The zero-order chi connectivity index (χ0) is 11.3. The van der Waals surface area contributed by atoms with E-state index in [1.54, 1.807) is 11.3 Å². The molecule has 0 fully saturated rings. The summed E-state index contributed by atoms with van der Waals surface area (Å²) in [5.41, 5.74) is 1.18. The van der Waals surface area contributed by atoms with Crippen LogP contribution >= 0.6 is 23.1 Å².